The number of rotatable bonds is 2. The van der Waals surface area contributed by atoms with E-state index in [0.717, 1.165) is 5.56 Å². The van der Waals surface area contributed by atoms with Crippen LogP contribution in [0.2, 0.25) is 0 Å². The molecule has 0 spiro atoms. The molecule has 1 rings (SSSR count). The van der Waals surface area contributed by atoms with Crippen LogP contribution in [0.5, 0.6) is 0 Å². The van der Waals surface area contributed by atoms with Gasteiger partial charge in [-0.15, -0.1) is 0 Å². The van der Waals surface area contributed by atoms with E-state index in [9.17, 15) is 4.21 Å². The summed E-state index contributed by atoms with van der Waals surface area (Å²) in [7, 11) is 3.84. The van der Waals surface area contributed by atoms with Crippen LogP contribution in [0.1, 0.15) is 5.56 Å². The molecule has 0 aromatic heterocycles. The summed E-state index contributed by atoms with van der Waals surface area (Å²) in [4.78, 5) is 0. The van der Waals surface area contributed by atoms with Crippen molar-refractivity contribution in [2.24, 2.45) is 0 Å². The minimum Gasteiger partial charge on any atom is -0.238 e. The minimum absolute atomic E-state index is 1.00. The smallest absolute Gasteiger partial charge is 0.140 e. The number of hydrogen-bond acceptors (Lipinski definition) is 1. The average molecular weight is 187 g/mol. The standard InChI is InChI=1S/C8H7ClOS/c9-11(10)7-6-8-4-2-1-3-5-8/h1-7H/b7-6-. The van der Waals surface area contributed by atoms with Gasteiger partial charge in [0.15, 0.2) is 0 Å². The van der Waals surface area contributed by atoms with E-state index in [-0.39, 0.29) is 0 Å². The molecule has 0 saturated carbocycles. The molecule has 1 nitrogen and oxygen atoms in total. The molecule has 11 heavy (non-hydrogen) atoms. The number of hydrogen-bond donors (Lipinski definition) is 0. The molecule has 1 aromatic carbocycles. The van der Waals surface area contributed by atoms with Crippen LogP contribution in [-0.2, 0) is 10.0 Å². The van der Waals surface area contributed by atoms with E-state index in [4.69, 9.17) is 10.7 Å². The van der Waals surface area contributed by atoms with Gasteiger partial charge in [-0.05, 0) is 22.3 Å². The van der Waals surface area contributed by atoms with Crippen LogP contribution in [0.25, 0.3) is 6.08 Å². The van der Waals surface area contributed by atoms with Gasteiger partial charge in [0, 0.05) is 5.41 Å². The first-order chi connectivity index (χ1) is 5.29. The Bertz CT molecular complexity index is 269. The normalized spacial score (nSPS) is 13.5. The molecular formula is C8H7ClOS. The molecule has 0 radical (unpaired) electrons. The quantitative estimate of drug-likeness (QED) is 0.649. The van der Waals surface area contributed by atoms with Crippen LogP contribution in [0.3, 0.4) is 0 Å². The summed E-state index contributed by atoms with van der Waals surface area (Å²) < 4.78 is 10.4. The van der Waals surface area contributed by atoms with Crippen molar-refractivity contribution in [3.05, 3.63) is 41.3 Å². The predicted octanol–water partition coefficient (Wildman–Crippen LogP) is 2.56. The summed E-state index contributed by atoms with van der Waals surface area (Å²) in [5, 5.41) is 1.44. The van der Waals surface area contributed by atoms with Gasteiger partial charge in [0.25, 0.3) is 0 Å². The van der Waals surface area contributed by atoms with Crippen molar-refractivity contribution in [2.45, 2.75) is 0 Å². The lowest BCUT2D eigenvalue weighted by molar-refractivity contribution is 0.696. The summed E-state index contributed by atoms with van der Waals surface area (Å²) in [6.07, 6.45) is 1.73. The fourth-order valence-corrected chi connectivity index (χ4v) is 1.11. The third-order valence-electron chi connectivity index (χ3n) is 1.17. The van der Waals surface area contributed by atoms with Crippen molar-refractivity contribution in [1.82, 2.24) is 0 Å². The topological polar surface area (TPSA) is 17.1 Å². The first kappa shape index (κ1) is 8.50. The van der Waals surface area contributed by atoms with E-state index in [2.05, 4.69) is 0 Å². The minimum atomic E-state index is -1.37. The summed E-state index contributed by atoms with van der Waals surface area (Å²) in [6, 6.07) is 9.59. The fourth-order valence-electron chi connectivity index (χ4n) is 0.696. The maximum atomic E-state index is 10.4. The van der Waals surface area contributed by atoms with Gasteiger partial charge in [0.1, 0.15) is 10.0 Å². The second-order valence-corrected chi connectivity index (χ2v) is 3.64. The van der Waals surface area contributed by atoms with Gasteiger partial charge in [-0.3, -0.25) is 0 Å². The van der Waals surface area contributed by atoms with E-state index >= 15 is 0 Å². The highest BCUT2D eigenvalue weighted by atomic mass is 35.7. The summed E-state index contributed by atoms with van der Waals surface area (Å²) >= 11 is 0. The lowest BCUT2D eigenvalue weighted by Gasteiger charge is -1.87. The SMILES string of the molecule is O=S(Cl)/C=C\c1ccccc1. The molecule has 1 unspecified atom stereocenters. The third kappa shape index (κ3) is 3.35. The molecule has 0 aliphatic carbocycles. The third-order valence-corrected chi connectivity index (χ3v) is 1.83. The van der Waals surface area contributed by atoms with E-state index in [1.807, 2.05) is 30.3 Å². The van der Waals surface area contributed by atoms with Crippen molar-refractivity contribution >= 4 is 26.8 Å². The zero-order valence-corrected chi connectivity index (χ0v) is 7.31. The summed E-state index contributed by atoms with van der Waals surface area (Å²) in [5.74, 6) is 0. The molecule has 0 N–H and O–H groups in total. The van der Waals surface area contributed by atoms with Crippen molar-refractivity contribution < 1.29 is 4.21 Å². The molecule has 3 heteroatoms. The molecule has 58 valence electrons. The van der Waals surface area contributed by atoms with E-state index in [0.29, 0.717) is 0 Å². The lowest BCUT2D eigenvalue weighted by atomic mass is 10.2. The molecule has 0 bridgehead atoms. The largest absolute Gasteiger partial charge is 0.238 e. The van der Waals surface area contributed by atoms with Gasteiger partial charge < -0.3 is 0 Å². The van der Waals surface area contributed by atoms with Crippen LogP contribution >= 0.6 is 10.7 Å². The molecule has 0 aliphatic rings. The first-order valence-corrected chi connectivity index (χ1v) is 5.13. The van der Waals surface area contributed by atoms with Crippen molar-refractivity contribution in [3.8, 4) is 0 Å². The van der Waals surface area contributed by atoms with Gasteiger partial charge in [-0.1, -0.05) is 30.3 Å². The van der Waals surface area contributed by atoms with Crippen molar-refractivity contribution in [3.63, 3.8) is 0 Å². The van der Waals surface area contributed by atoms with Gasteiger partial charge in [0.2, 0.25) is 0 Å². The molecule has 0 fully saturated rings. The van der Waals surface area contributed by atoms with Crippen molar-refractivity contribution in [2.75, 3.05) is 0 Å². The number of halogens is 1. The van der Waals surface area contributed by atoms with Crippen LogP contribution in [-0.4, -0.2) is 4.21 Å². The van der Waals surface area contributed by atoms with Gasteiger partial charge in [-0.2, -0.15) is 0 Å². The van der Waals surface area contributed by atoms with Crippen LogP contribution in [0, 0.1) is 0 Å². The highest BCUT2D eigenvalue weighted by molar-refractivity contribution is 8.10. The van der Waals surface area contributed by atoms with Crippen LogP contribution < -0.4 is 0 Å². The van der Waals surface area contributed by atoms with Gasteiger partial charge >= 0.3 is 0 Å². The Morgan fingerprint density at radius 1 is 1.27 bits per heavy atom. The van der Waals surface area contributed by atoms with E-state index in [1.54, 1.807) is 6.08 Å². The Kier molecular flexibility index (Phi) is 3.33. The average Bonchev–Trinajstić information content (AvgIpc) is 2.03. The molecule has 1 atom stereocenters. The number of benzene rings is 1. The molecule has 0 amide bonds. The molecule has 1 aromatic rings. The van der Waals surface area contributed by atoms with Gasteiger partial charge in [-0.25, -0.2) is 4.21 Å². The monoisotopic (exact) mass is 186 g/mol. The Morgan fingerprint density at radius 2 is 1.91 bits per heavy atom. The highest BCUT2D eigenvalue weighted by Crippen LogP contribution is 2.02. The Hall–Kier alpha value is -0.600. The highest BCUT2D eigenvalue weighted by Gasteiger charge is 1.84. The molecule has 0 aliphatic heterocycles. The Balaban J connectivity index is 2.72. The predicted molar refractivity (Wildman–Crippen MR) is 49.5 cm³/mol. The maximum Gasteiger partial charge on any atom is 0.140 e. The maximum absolute atomic E-state index is 10.4. The second-order valence-electron chi connectivity index (χ2n) is 1.96. The van der Waals surface area contributed by atoms with Gasteiger partial charge in [0.05, 0.1) is 0 Å². The molecule has 0 heterocycles. The molecule has 0 saturated heterocycles. The zero-order valence-electron chi connectivity index (χ0n) is 5.74. The van der Waals surface area contributed by atoms with Crippen LogP contribution in [0.4, 0.5) is 0 Å². The second kappa shape index (κ2) is 4.31. The van der Waals surface area contributed by atoms with Crippen LogP contribution in [0.15, 0.2) is 35.7 Å². The van der Waals surface area contributed by atoms with E-state index < -0.39 is 10.0 Å². The zero-order chi connectivity index (χ0) is 8.10. The molecular weight excluding hydrogens is 180 g/mol. The van der Waals surface area contributed by atoms with E-state index in [1.165, 1.54) is 5.41 Å². The Labute approximate surface area is 72.7 Å². The van der Waals surface area contributed by atoms with Crippen molar-refractivity contribution in [1.29, 1.82) is 0 Å². The fraction of sp³-hybridized carbons (Fsp3) is 0. The lowest BCUT2D eigenvalue weighted by Crippen LogP contribution is -1.69. The first-order valence-electron chi connectivity index (χ1n) is 3.09. The Morgan fingerprint density at radius 3 is 2.45 bits per heavy atom. The summed E-state index contributed by atoms with van der Waals surface area (Å²) in [6.45, 7) is 0. The summed E-state index contributed by atoms with van der Waals surface area (Å²) in [5.41, 5.74) is 1.00.